The van der Waals surface area contributed by atoms with Crippen LogP contribution >= 0.6 is 0 Å². The number of hydrogen-bond acceptors (Lipinski definition) is 0. The van der Waals surface area contributed by atoms with Crippen molar-refractivity contribution in [2.75, 3.05) is 0 Å². The molecule has 0 unspecified atom stereocenters. The average Bonchev–Trinajstić information content (AvgIpc) is 3.65. The third-order valence-corrected chi connectivity index (χ3v) is 9.48. The second-order valence-corrected chi connectivity index (χ2v) is 16.0. The van der Waals surface area contributed by atoms with E-state index in [-0.39, 0.29) is 35.6 Å². The second kappa shape index (κ2) is 17.9. The zero-order valence-corrected chi connectivity index (χ0v) is 31.6. The molecule has 0 saturated heterocycles. The molecule has 44 heavy (non-hydrogen) atoms. The minimum atomic E-state index is 0. The van der Waals surface area contributed by atoms with E-state index in [1.165, 1.54) is 83.2 Å². The van der Waals surface area contributed by atoms with E-state index in [0.717, 1.165) is 12.3 Å². The zero-order chi connectivity index (χ0) is 30.2. The summed E-state index contributed by atoms with van der Waals surface area (Å²) in [4.78, 5) is 0. The Bertz CT molecular complexity index is 1430. The van der Waals surface area contributed by atoms with E-state index < -0.39 is 0 Å². The summed E-state index contributed by atoms with van der Waals surface area (Å²) < 4.78 is 1.75. The molecule has 2 aliphatic rings. The fraction of sp³-hybridized carbons (Fsp3) is 0.415. The molecular formula is C41H50Cl2Zr-2. The predicted octanol–water partition coefficient (Wildman–Crippen LogP) is 5.54. The Morgan fingerprint density at radius 1 is 0.773 bits per heavy atom. The molecule has 1 fully saturated rings. The van der Waals surface area contributed by atoms with Crippen LogP contribution in [0.4, 0.5) is 0 Å². The fourth-order valence-electron chi connectivity index (χ4n) is 5.95. The monoisotopic (exact) mass is 702 g/mol. The fourth-order valence-corrected chi connectivity index (χ4v) is 7.16. The third kappa shape index (κ3) is 11.6. The molecule has 0 atom stereocenters. The molecule has 0 spiro atoms. The molecule has 0 heterocycles. The van der Waals surface area contributed by atoms with Gasteiger partial charge in [-0.15, -0.1) is 46.2 Å². The molecule has 4 aromatic carbocycles. The van der Waals surface area contributed by atoms with E-state index in [0.29, 0.717) is 0 Å². The van der Waals surface area contributed by atoms with Gasteiger partial charge in [0.1, 0.15) is 0 Å². The molecule has 0 radical (unpaired) electrons. The van der Waals surface area contributed by atoms with E-state index >= 15 is 0 Å². The van der Waals surface area contributed by atoms with Crippen LogP contribution in [0.25, 0.3) is 21.5 Å². The van der Waals surface area contributed by atoms with Crippen molar-refractivity contribution in [1.82, 2.24) is 0 Å². The Kier molecular flexibility index (Phi) is 15.7. The number of rotatable bonds is 4. The first-order valence-corrected chi connectivity index (χ1v) is 17.2. The van der Waals surface area contributed by atoms with E-state index in [2.05, 4.69) is 126 Å². The molecule has 3 heteroatoms. The summed E-state index contributed by atoms with van der Waals surface area (Å²) in [7, 11) is 0. The number of fused-ring (bicyclic) bond motifs is 3. The molecule has 2 aliphatic carbocycles. The molecule has 1 saturated carbocycles. The summed E-state index contributed by atoms with van der Waals surface area (Å²) in [5, 5.41) is 5.48. The Morgan fingerprint density at radius 3 is 1.75 bits per heavy atom. The molecule has 4 aromatic rings. The first-order valence-electron chi connectivity index (χ1n) is 16.0. The van der Waals surface area contributed by atoms with Gasteiger partial charge in [-0.05, 0) is 10.8 Å². The van der Waals surface area contributed by atoms with E-state index in [9.17, 15) is 0 Å². The van der Waals surface area contributed by atoms with Gasteiger partial charge in [0.05, 0.1) is 0 Å². The maximum absolute atomic E-state index is 2.99. The zero-order valence-electron chi connectivity index (χ0n) is 27.7. The van der Waals surface area contributed by atoms with Gasteiger partial charge < -0.3 is 24.8 Å². The molecule has 0 aliphatic heterocycles. The van der Waals surface area contributed by atoms with Crippen molar-refractivity contribution in [2.24, 2.45) is 5.92 Å². The van der Waals surface area contributed by atoms with Crippen LogP contribution in [0.5, 0.6) is 0 Å². The molecule has 6 rings (SSSR count). The van der Waals surface area contributed by atoms with E-state index in [1.54, 1.807) is 27.4 Å². The normalized spacial score (nSPS) is 14.6. The number of allylic oxidation sites excluding steroid dienone is 4. The van der Waals surface area contributed by atoms with E-state index in [4.69, 9.17) is 0 Å². The Hall–Kier alpha value is -1.66. The van der Waals surface area contributed by atoms with Gasteiger partial charge in [0.15, 0.2) is 0 Å². The summed E-state index contributed by atoms with van der Waals surface area (Å²) in [6.45, 7) is 13.6. The molecule has 0 amide bonds. The van der Waals surface area contributed by atoms with Crippen molar-refractivity contribution in [3.8, 4) is 0 Å². The van der Waals surface area contributed by atoms with Gasteiger partial charge in [0.25, 0.3) is 0 Å². The SMILES string of the molecule is CC(C)(C)c1ccc2c(c1)[cH-]c1cc(C(C)(C)C)ccc12.[C-]1=CC=CC1.[Cl-].[Cl-].[Zr+2]=[C](Cc1ccccc1)CC1CCCCC1. The summed E-state index contributed by atoms with van der Waals surface area (Å²) in [6, 6.07) is 27.1. The van der Waals surface area contributed by atoms with Crippen LogP contribution in [0.15, 0.2) is 91.0 Å². The maximum atomic E-state index is 2.99. The summed E-state index contributed by atoms with van der Waals surface area (Å²) in [6.07, 6.45) is 20.0. The summed E-state index contributed by atoms with van der Waals surface area (Å²) in [5.74, 6) is 1.01. The number of hydrogen-bond donors (Lipinski definition) is 0. The number of halogens is 2. The van der Waals surface area contributed by atoms with Crippen molar-refractivity contribution in [3.05, 3.63) is 114 Å². The first-order chi connectivity index (χ1) is 20.0. The van der Waals surface area contributed by atoms with Crippen LogP contribution in [0.3, 0.4) is 0 Å². The number of benzene rings is 3. The molecule has 234 valence electrons. The Morgan fingerprint density at radius 2 is 1.32 bits per heavy atom. The molecule has 0 aromatic heterocycles. The van der Waals surface area contributed by atoms with Gasteiger partial charge in [0.2, 0.25) is 0 Å². The van der Waals surface area contributed by atoms with Crippen molar-refractivity contribution in [2.45, 2.75) is 104 Å². The van der Waals surface area contributed by atoms with Gasteiger partial charge in [0, 0.05) is 0 Å². The van der Waals surface area contributed by atoms with Crippen LogP contribution in [-0.4, -0.2) is 3.21 Å². The topological polar surface area (TPSA) is 0 Å². The molecule has 0 N–H and O–H groups in total. The summed E-state index contributed by atoms with van der Waals surface area (Å²) >= 11 is 1.65. The Balaban J connectivity index is 0.000000260. The van der Waals surface area contributed by atoms with Crippen LogP contribution < -0.4 is 24.8 Å². The van der Waals surface area contributed by atoms with Gasteiger partial charge in [-0.2, -0.15) is 6.08 Å². The second-order valence-electron chi connectivity index (χ2n) is 14.2. The van der Waals surface area contributed by atoms with Crippen molar-refractivity contribution in [3.63, 3.8) is 0 Å². The Labute approximate surface area is 295 Å². The predicted molar refractivity (Wildman–Crippen MR) is 182 cm³/mol. The van der Waals surface area contributed by atoms with Crippen LogP contribution in [0, 0.1) is 12.0 Å². The van der Waals surface area contributed by atoms with Crippen molar-refractivity contribution < 1.29 is 49.0 Å². The first kappa shape index (κ1) is 38.5. The third-order valence-electron chi connectivity index (χ3n) is 8.54. The molecular weight excluding hydrogens is 655 g/mol. The van der Waals surface area contributed by atoms with Gasteiger partial charge in [-0.3, -0.25) is 6.08 Å². The summed E-state index contributed by atoms with van der Waals surface area (Å²) in [5.41, 5.74) is 4.70. The quantitative estimate of drug-likeness (QED) is 0.245. The van der Waals surface area contributed by atoms with Gasteiger partial charge in [-0.25, -0.2) is 12.2 Å². The standard InChI is InChI=1S/C21H25.C15H20.C5H5.2ClH.Zr/c1-20(2,3)16-7-9-18-14(12-16)11-15-13-17(21(4,5)6)8-10-19(15)18;1-3-8-14(9-4-1)12-7-13-15-10-5-2-6-11-15;1-2-4-5-3-1;;;/h7-13H,1-6H3;1,3-4,8-9,15H,2,5-6,10-13H2;1-3H,4H2;2*1H;/q-1;;-1;;;+2/p-2. The van der Waals surface area contributed by atoms with Gasteiger partial charge >= 0.3 is 114 Å². The molecule has 0 bridgehead atoms. The van der Waals surface area contributed by atoms with Crippen molar-refractivity contribution in [1.29, 1.82) is 0 Å². The molecule has 0 nitrogen and oxygen atoms in total. The van der Waals surface area contributed by atoms with Crippen LogP contribution in [0.2, 0.25) is 0 Å². The van der Waals surface area contributed by atoms with E-state index in [1.807, 2.05) is 12.2 Å². The average molecular weight is 705 g/mol. The van der Waals surface area contributed by atoms with Crippen LogP contribution in [0.1, 0.15) is 103 Å². The van der Waals surface area contributed by atoms with Crippen molar-refractivity contribution >= 4 is 24.8 Å². The minimum absolute atomic E-state index is 0. The van der Waals surface area contributed by atoms with Gasteiger partial charge in [-0.1, -0.05) is 76.9 Å². The van der Waals surface area contributed by atoms with Crippen LogP contribution in [-0.2, 0) is 41.5 Å².